The Labute approximate surface area is 524 Å². The van der Waals surface area contributed by atoms with Gasteiger partial charge in [-0.25, -0.2) is 36.7 Å². The zero-order chi connectivity index (χ0) is 63.6. The number of hydrogen-bond donors (Lipinski definition) is 8. The van der Waals surface area contributed by atoms with Gasteiger partial charge in [-0.15, -0.1) is 0 Å². The minimum Gasteiger partial charge on any atom is -0.356 e. The molecule has 0 bridgehead atoms. The molecule has 8 amide bonds. The minimum atomic E-state index is -1.75. The van der Waals surface area contributed by atoms with E-state index < -0.39 is 10.2 Å². The van der Waals surface area contributed by atoms with Gasteiger partial charge in [-0.1, -0.05) is 0 Å². The van der Waals surface area contributed by atoms with Crippen molar-refractivity contribution in [3.8, 4) is 18.2 Å². The number of nitrogens with one attached hydrogen (secondary N) is 8. The molecule has 0 spiro atoms. The molecule has 0 saturated heterocycles. The average Bonchev–Trinajstić information content (AvgIpc) is 3.49. The molecule has 0 aliphatic rings. The van der Waals surface area contributed by atoms with E-state index in [2.05, 4.69) is 62.5 Å². The summed E-state index contributed by atoms with van der Waals surface area (Å²) in [4.78, 5) is 78.0. The fourth-order valence-corrected chi connectivity index (χ4v) is 5.05. The van der Waals surface area contributed by atoms with Crippen LogP contribution in [0.25, 0.3) is 0 Å². The van der Waals surface area contributed by atoms with Gasteiger partial charge >= 0.3 is 68.9 Å². The number of nitriles is 3. The summed E-state index contributed by atoms with van der Waals surface area (Å²) in [6, 6.07) is 39.2. The van der Waals surface area contributed by atoms with Gasteiger partial charge in [-0.3, -0.25) is 19.9 Å². The molecule has 0 atom stereocenters. The Morgan fingerprint density at radius 3 is 0.540 bits per heavy atom. The SMILES string of the molecule is CC#N.CC#N.CC#N.O=C(Nc1ccncc1)Nc1ccc(F)cc1.O=C(Nc1ccncc1)Nc1ccc(F)cc1.O=C(Nc1ccncc1)Nc1ccc(F)cc1.O=C(Nc1ccncc1)Nc1ccc(F)cc1.O=[N+]([O-])[O-].O=[N+]([O-])[O-].[Ag+].[Ag+]. The molecule has 27 nitrogen and oxygen atoms in total. The van der Waals surface area contributed by atoms with Gasteiger partial charge in [0.15, 0.2) is 0 Å². The van der Waals surface area contributed by atoms with Crippen molar-refractivity contribution in [3.05, 3.63) is 249 Å². The van der Waals surface area contributed by atoms with E-state index in [0.717, 1.165) is 0 Å². The van der Waals surface area contributed by atoms with Gasteiger partial charge in [0, 0.05) is 116 Å². The molecule has 0 radical (unpaired) electrons. The van der Waals surface area contributed by atoms with Crippen LogP contribution in [0, 0.1) is 87.9 Å². The first kappa shape index (κ1) is 79.9. The van der Waals surface area contributed by atoms with Gasteiger partial charge in [0.1, 0.15) is 23.3 Å². The molecule has 0 unspecified atom stereocenters. The number of hydrogen-bond acceptors (Lipinski definition) is 17. The van der Waals surface area contributed by atoms with E-state index in [4.69, 9.17) is 46.4 Å². The number of amides is 8. The number of benzene rings is 4. The van der Waals surface area contributed by atoms with E-state index in [0.29, 0.717) is 45.5 Å². The van der Waals surface area contributed by atoms with E-state index in [1.165, 1.54) is 118 Å². The molecule has 8 rings (SSSR count). The average molecular weight is 1390 g/mol. The molecule has 33 heteroatoms. The summed E-state index contributed by atoms with van der Waals surface area (Å²) in [5.41, 5.74) is 4.66. The first-order valence-electron chi connectivity index (χ1n) is 23.2. The quantitative estimate of drug-likeness (QED) is 0.0303. The maximum atomic E-state index is 12.6. The maximum absolute atomic E-state index is 12.6. The molecule has 460 valence electrons. The molecule has 0 fully saturated rings. The van der Waals surface area contributed by atoms with Crippen molar-refractivity contribution in [2.45, 2.75) is 20.8 Å². The fourth-order valence-electron chi connectivity index (χ4n) is 5.05. The van der Waals surface area contributed by atoms with Gasteiger partial charge < -0.3 is 73.2 Å². The molecule has 4 aromatic heterocycles. The number of anilines is 8. The Hall–Kier alpha value is -11.4. The molecule has 8 aromatic rings. The fraction of sp³-hybridized carbons (Fsp3) is 0.0556. The van der Waals surface area contributed by atoms with E-state index in [9.17, 15) is 36.7 Å². The third kappa shape index (κ3) is 45.9. The summed E-state index contributed by atoms with van der Waals surface area (Å²) >= 11 is 0. The minimum absolute atomic E-state index is 0. The molecule has 8 N–H and O–H groups in total. The molecule has 0 saturated carbocycles. The molecular formula is C54H49Ag2F4N17O10. The number of carbonyl (C=O) groups excluding carboxylic acids is 4. The summed E-state index contributed by atoms with van der Waals surface area (Å²) in [5.74, 6) is -1.37. The van der Waals surface area contributed by atoms with Crippen molar-refractivity contribution >= 4 is 69.6 Å². The molecule has 0 aliphatic heterocycles. The largest absolute Gasteiger partial charge is 1.00 e. The Bertz CT molecular complexity index is 2900. The second kappa shape index (κ2) is 50.4. The van der Waals surface area contributed by atoms with E-state index in [1.807, 2.05) is 0 Å². The first-order valence-corrected chi connectivity index (χ1v) is 23.2. The number of urea groups is 4. The van der Waals surface area contributed by atoms with Gasteiger partial charge in [0.05, 0.1) is 28.4 Å². The predicted octanol–water partition coefficient (Wildman–Crippen LogP) is 12.6. The van der Waals surface area contributed by atoms with Gasteiger partial charge in [0.25, 0.3) is 0 Å². The number of carbonyl (C=O) groups is 4. The Kier molecular flexibility index (Phi) is 46.2. The van der Waals surface area contributed by atoms with Gasteiger partial charge in [0.2, 0.25) is 0 Å². The van der Waals surface area contributed by atoms with Crippen molar-refractivity contribution in [2.75, 3.05) is 42.5 Å². The Morgan fingerprint density at radius 1 is 0.322 bits per heavy atom. The zero-order valence-corrected chi connectivity index (χ0v) is 48.2. The molecular weight excluding hydrogens is 1340 g/mol. The van der Waals surface area contributed by atoms with Crippen LogP contribution in [-0.2, 0) is 44.8 Å². The third-order valence-electron chi connectivity index (χ3n) is 8.16. The van der Waals surface area contributed by atoms with Crippen LogP contribution >= 0.6 is 0 Å². The molecule has 0 aliphatic carbocycles. The van der Waals surface area contributed by atoms with E-state index in [-0.39, 0.29) is 92.2 Å². The smallest absolute Gasteiger partial charge is 0.356 e. The predicted molar refractivity (Wildman–Crippen MR) is 308 cm³/mol. The van der Waals surface area contributed by atoms with Crippen molar-refractivity contribution in [2.24, 2.45) is 0 Å². The van der Waals surface area contributed by atoms with E-state index >= 15 is 0 Å². The van der Waals surface area contributed by atoms with Crippen LogP contribution in [0.4, 0.5) is 82.2 Å². The molecule has 4 aromatic carbocycles. The number of rotatable bonds is 8. The number of aromatic nitrogens is 4. The topological polar surface area (TPSA) is 420 Å². The summed E-state index contributed by atoms with van der Waals surface area (Å²) < 4.78 is 50.5. The summed E-state index contributed by atoms with van der Waals surface area (Å²) in [6.45, 7) is 4.29. The second-order valence-corrected chi connectivity index (χ2v) is 14.4. The number of halogens is 4. The van der Waals surface area contributed by atoms with Crippen molar-refractivity contribution in [1.29, 1.82) is 15.8 Å². The van der Waals surface area contributed by atoms with Gasteiger partial charge in [-0.2, -0.15) is 15.8 Å². The first-order chi connectivity index (χ1) is 40.7. The standard InChI is InChI=1S/4C12H10FN3O.3C2H3N.2Ag.2NO3/c4*13-9-1-3-10(4-2-9)15-12(17)16-11-5-7-14-8-6-11;3*1-2-3;;;2*2-1(3)4/h4*1-8H,(H2,14,15,16,17);3*1H3;;;;/q;;;;;;;2*+1;2*-1. The van der Waals surface area contributed by atoms with Crippen LogP contribution in [0.15, 0.2) is 195 Å². The number of pyridine rings is 4. The molecule has 87 heavy (non-hydrogen) atoms. The molecule has 4 heterocycles. The Balaban J connectivity index is -0.000000985. The summed E-state index contributed by atoms with van der Waals surface area (Å²) in [6.07, 6.45) is 12.6. The van der Waals surface area contributed by atoms with Gasteiger partial charge in [-0.05, 0) is 146 Å². The monoisotopic (exact) mass is 1390 g/mol. The van der Waals surface area contributed by atoms with E-state index in [1.54, 1.807) is 116 Å². The summed E-state index contributed by atoms with van der Waals surface area (Å²) in [5, 5.41) is 72.3. The normalized spacial score (nSPS) is 8.41. The van der Waals surface area contributed by atoms with Crippen LogP contribution < -0.4 is 42.5 Å². The van der Waals surface area contributed by atoms with Crippen LogP contribution in [0.5, 0.6) is 0 Å². The van der Waals surface area contributed by atoms with Crippen LogP contribution in [0.1, 0.15) is 20.8 Å². The zero-order valence-electron chi connectivity index (χ0n) is 45.2. The van der Waals surface area contributed by atoms with Crippen molar-refractivity contribution < 1.29 is 91.7 Å². The second-order valence-electron chi connectivity index (χ2n) is 14.4. The third-order valence-corrected chi connectivity index (χ3v) is 8.16. The van der Waals surface area contributed by atoms with Crippen molar-refractivity contribution in [1.82, 2.24) is 19.9 Å². The maximum Gasteiger partial charge on any atom is 1.00 e. The van der Waals surface area contributed by atoms with Crippen LogP contribution in [0.3, 0.4) is 0 Å². The van der Waals surface area contributed by atoms with Crippen LogP contribution in [-0.4, -0.2) is 54.2 Å². The Morgan fingerprint density at radius 2 is 0.425 bits per heavy atom. The van der Waals surface area contributed by atoms with Crippen molar-refractivity contribution in [3.63, 3.8) is 0 Å². The number of nitrogens with zero attached hydrogens (tertiary/aromatic N) is 9. The summed E-state index contributed by atoms with van der Waals surface area (Å²) in [7, 11) is 0. The van der Waals surface area contributed by atoms with Crippen LogP contribution in [0.2, 0.25) is 0 Å².